The summed E-state index contributed by atoms with van der Waals surface area (Å²) in [5.41, 5.74) is 1.21. The van der Waals surface area contributed by atoms with Gasteiger partial charge in [0.1, 0.15) is 0 Å². The van der Waals surface area contributed by atoms with Gasteiger partial charge in [-0.25, -0.2) is 0 Å². The summed E-state index contributed by atoms with van der Waals surface area (Å²) in [7, 11) is -2.08. The summed E-state index contributed by atoms with van der Waals surface area (Å²) < 4.78 is 13.2. The molecule has 2 aromatic rings. The van der Waals surface area contributed by atoms with E-state index in [9.17, 15) is 4.79 Å². The minimum atomic E-state index is -2.08. The molecule has 144 valence electrons. The molecule has 0 aliphatic carbocycles. The van der Waals surface area contributed by atoms with E-state index in [1.54, 1.807) is 4.90 Å². The second-order valence-corrected chi connectivity index (χ2v) is 13.3. The van der Waals surface area contributed by atoms with Gasteiger partial charge in [0.25, 0.3) is 11.8 Å². The Labute approximate surface area is 163 Å². The Balaban J connectivity index is 2.21. The summed E-state index contributed by atoms with van der Waals surface area (Å²) in [6, 6.07) is 19.5. The van der Waals surface area contributed by atoms with Crippen LogP contribution in [0.1, 0.15) is 38.0 Å². The molecule has 1 amide bonds. The van der Waals surface area contributed by atoms with Crippen LogP contribution < -0.4 is 0 Å². The van der Waals surface area contributed by atoms with Gasteiger partial charge in [-0.05, 0) is 46.0 Å². The van der Waals surface area contributed by atoms with Crippen molar-refractivity contribution in [2.24, 2.45) is 0 Å². The third-order valence-corrected chi connectivity index (χ3v) is 5.26. The van der Waals surface area contributed by atoms with Gasteiger partial charge in [-0.1, -0.05) is 60.7 Å². The Morgan fingerprint density at radius 1 is 0.963 bits per heavy atom. The molecule has 27 heavy (non-hydrogen) atoms. The summed E-state index contributed by atoms with van der Waals surface area (Å²) in [6.07, 6.45) is -0.693. The van der Waals surface area contributed by atoms with Crippen LogP contribution in [0.25, 0.3) is 0 Å². The molecule has 0 spiro atoms. The highest BCUT2D eigenvalue weighted by atomic mass is 28.4. The van der Waals surface area contributed by atoms with Crippen LogP contribution in [0.2, 0.25) is 19.6 Å². The number of hydrogen-bond acceptors (Lipinski definition) is 3. The molecular weight excluding hydrogens is 354 g/mol. The number of carbonyl (C=O) groups excluding carboxylic acids is 1. The van der Waals surface area contributed by atoms with E-state index in [1.807, 2.05) is 81.4 Å². The number of ether oxygens (including phenoxy) is 1. The lowest BCUT2D eigenvalue weighted by molar-refractivity contribution is -0.269. The molecule has 0 saturated carbocycles. The van der Waals surface area contributed by atoms with E-state index in [1.165, 1.54) is 0 Å². The van der Waals surface area contributed by atoms with Crippen molar-refractivity contribution in [1.82, 2.24) is 4.90 Å². The average Bonchev–Trinajstić information content (AvgIpc) is 2.88. The molecule has 0 bridgehead atoms. The van der Waals surface area contributed by atoms with E-state index in [0.29, 0.717) is 0 Å². The van der Waals surface area contributed by atoms with Crippen LogP contribution in [0.15, 0.2) is 60.7 Å². The molecule has 2 atom stereocenters. The van der Waals surface area contributed by atoms with Crippen molar-refractivity contribution in [2.45, 2.75) is 58.0 Å². The second kappa shape index (κ2) is 6.89. The molecule has 1 fully saturated rings. The van der Waals surface area contributed by atoms with E-state index >= 15 is 0 Å². The van der Waals surface area contributed by atoms with Gasteiger partial charge in [0.15, 0.2) is 14.4 Å². The van der Waals surface area contributed by atoms with Crippen LogP contribution in [-0.2, 0) is 19.9 Å². The summed E-state index contributed by atoms with van der Waals surface area (Å²) in [5, 5.41) is 0. The first-order chi connectivity index (χ1) is 12.5. The lowest BCUT2D eigenvalue weighted by Crippen LogP contribution is -2.58. The third-order valence-electron chi connectivity index (χ3n) is 4.37. The van der Waals surface area contributed by atoms with Gasteiger partial charge in [-0.15, -0.1) is 0 Å². The third kappa shape index (κ3) is 3.86. The lowest BCUT2D eigenvalue weighted by atomic mass is 10.0. The first-order valence-electron chi connectivity index (χ1n) is 9.37. The molecule has 5 heteroatoms. The predicted molar refractivity (Wildman–Crippen MR) is 109 cm³/mol. The fourth-order valence-corrected chi connectivity index (χ4v) is 4.61. The first-order valence-corrected chi connectivity index (χ1v) is 12.8. The molecule has 1 aliphatic heterocycles. The van der Waals surface area contributed by atoms with E-state index in [4.69, 9.17) is 9.16 Å². The molecule has 2 unspecified atom stereocenters. The standard InChI is InChI=1S/C22H29NO3Si/c1-21(2,3)23-20(24)19(17-13-9-7-10-14-17)25-22(23,26-27(4,5)6)18-15-11-8-12-16-18/h7-16,19H,1-6H3. The van der Waals surface area contributed by atoms with E-state index in [2.05, 4.69) is 19.6 Å². The van der Waals surface area contributed by atoms with Gasteiger partial charge in [0.2, 0.25) is 0 Å². The molecule has 2 aromatic carbocycles. The van der Waals surface area contributed by atoms with Crippen molar-refractivity contribution in [1.29, 1.82) is 0 Å². The van der Waals surface area contributed by atoms with E-state index in [0.717, 1.165) is 11.1 Å². The van der Waals surface area contributed by atoms with Crippen molar-refractivity contribution in [2.75, 3.05) is 0 Å². The Bertz CT molecular complexity index is 796. The fourth-order valence-electron chi connectivity index (χ4n) is 3.53. The molecule has 0 radical (unpaired) electrons. The zero-order valence-electron chi connectivity index (χ0n) is 17.0. The number of nitrogens with zero attached hydrogens (tertiary/aromatic N) is 1. The maximum atomic E-state index is 13.6. The maximum absolute atomic E-state index is 13.6. The number of hydrogen-bond donors (Lipinski definition) is 0. The zero-order valence-corrected chi connectivity index (χ0v) is 18.0. The monoisotopic (exact) mass is 383 g/mol. The van der Waals surface area contributed by atoms with Crippen LogP contribution in [0.3, 0.4) is 0 Å². The van der Waals surface area contributed by atoms with Crippen molar-refractivity contribution in [3.05, 3.63) is 71.8 Å². The van der Waals surface area contributed by atoms with Gasteiger partial charge in [0.05, 0.1) is 0 Å². The normalized spacial score (nSPS) is 23.7. The molecule has 3 rings (SSSR count). The molecule has 0 aromatic heterocycles. The highest BCUT2D eigenvalue weighted by Gasteiger charge is 2.59. The average molecular weight is 384 g/mol. The summed E-state index contributed by atoms with van der Waals surface area (Å²) in [4.78, 5) is 15.3. The molecular formula is C22H29NO3Si. The Kier molecular flexibility index (Phi) is 5.05. The summed E-state index contributed by atoms with van der Waals surface area (Å²) in [5.74, 6) is -1.31. The smallest absolute Gasteiger partial charge is 0.274 e. The highest BCUT2D eigenvalue weighted by molar-refractivity contribution is 6.69. The van der Waals surface area contributed by atoms with Crippen molar-refractivity contribution >= 4 is 14.2 Å². The minimum Gasteiger partial charge on any atom is -0.371 e. The van der Waals surface area contributed by atoms with Crippen molar-refractivity contribution in [3.8, 4) is 0 Å². The topological polar surface area (TPSA) is 38.8 Å². The van der Waals surface area contributed by atoms with Crippen LogP contribution in [0.5, 0.6) is 0 Å². The largest absolute Gasteiger partial charge is 0.371 e. The van der Waals surface area contributed by atoms with Crippen LogP contribution in [0, 0.1) is 0 Å². The molecule has 1 heterocycles. The number of carbonyl (C=O) groups is 1. The molecule has 0 N–H and O–H groups in total. The number of amides is 1. The van der Waals surface area contributed by atoms with Gasteiger partial charge < -0.3 is 9.16 Å². The highest BCUT2D eigenvalue weighted by Crippen LogP contribution is 2.49. The second-order valence-electron chi connectivity index (χ2n) is 8.92. The van der Waals surface area contributed by atoms with Gasteiger partial charge in [-0.3, -0.25) is 9.69 Å². The fraction of sp³-hybridized carbons (Fsp3) is 0.409. The van der Waals surface area contributed by atoms with E-state index in [-0.39, 0.29) is 5.91 Å². The zero-order chi connectivity index (χ0) is 19.9. The summed E-state index contributed by atoms with van der Waals surface area (Å²) >= 11 is 0. The first kappa shape index (κ1) is 19.8. The molecule has 1 aliphatic rings. The Morgan fingerprint density at radius 2 is 1.48 bits per heavy atom. The Morgan fingerprint density at radius 3 is 1.96 bits per heavy atom. The van der Waals surface area contributed by atoms with E-state index < -0.39 is 25.9 Å². The predicted octanol–water partition coefficient (Wildman–Crippen LogP) is 5.05. The van der Waals surface area contributed by atoms with Gasteiger partial charge in [0, 0.05) is 11.1 Å². The SMILES string of the molecule is CC(C)(C)N1C(=O)C(c2ccccc2)OC1(O[Si](C)(C)C)c1ccccc1. The quantitative estimate of drug-likeness (QED) is 0.694. The maximum Gasteiger partial charge on any atom is 0.274 e. The Hall–Kier alpha value is -1.95. The summed E-state index contributed by atoms with van der Waals surface area (Å²) in [6.45, 7) is 12.4. The van der Waals surface area contributed by atoms with Crippen LogP contribution in [0.4, 0.5) is 0 Å². The van der Waals surface area contributed by atoms with Gasteiger partial charge >= 0.3 is 0 Å². The lowest BCUT2D eigenvalue weighted by Gasteiger charge is -2.46. The number of rotatable bonds is 4. The minimum absolute atomic E-state index is 0.0733. The van der Waals surface area contributed by atoms with Crippen LogP contribution >= 0.6 is 0 Å². The van der Waals surface area contributed by atoms with Crippen molar-refractivity contribution < 1.29 is 14.0 Å². The van der Waals surface area contributed by atoms with Gasteiger partial charge in [-0.2, -0.15) is 0 Å². The number of benzene rings is 2. The molecule has 1 saturated heterocycles. The molecule has 4 nitrogen and oxygen atoms in total. The van der Waals surface area contributed by atoms with Crippen LogP contribution in [-0.4, -0.2) is 24.7 Å². The van der Waals surface area contributed by atoms with Crippen molar-refractivity contribution in [3.63, 3.8) is 0 Å².